The molecule has 34 heavy (non-hydrogen) atoms. The smallest absolute Gasteiger partial charge is 0.369 e. The molecule has 3 aromatic rings. The molecule has 0 saturated carbocycles. The van der Waals surface area contributed by atoms with Crippen molar-refractivity contribution in [1.82, 2.24) is 4.90 Å². The highest BCUT2D eigenvalue weighted by Gasteiger charge is 2.33. The van der Waals surface area contributed by atoms with Crippen LogP contribution in [0.25, 0.3) is 0 Å². The van der Waals surface area contributed by atoms with Gasteiger partial charge in [0.25, 0.3) is 0 Å². The monoisotopic (exact) mass is 483 g/mol. The summed E-state index contributed by atoms with van der Waals surface area (Å²) in [6, 6.07) is 22.6. The maximum Gasteiger partial charge on any atom is 0.416 e. The van der Waals surface area contributed by atoms with Gasteiger partial charge in [-0.25, -0.2) is 0 Å². The highest BCUT2D eigenvalue weighted by molar-refractivity contribution is 7.99. The molecule has 178 valence electrons. The van der Waals surface area contributed by atoms with Gasteiger partial charge in [-0.3, -0.25) is 4.90 Å². The van der Waals surface area contributed by atoms with Gasteiger partial charge in [-0.05, 0) is 61.9 Å². The van der Waals surface area contributed by atoms with Crippen molar-refractivity contribution >= 4 is 28.8 Å². The largest absolute Gasteiger partial charge is 0.416 e. The number of rotatable bonds is 6. The maximum atomic E-state index is 13.4. The summed E-state index contributed by atoms with van der Waals surface area (Å²) in [5.41, 5.74) is 2.35. The Morgan fingerprint density at radius 2 is 1.38 bits per heavy atom. The van der Waals surface area contributed by atoms with Crippen LogP contribution in [0.4, 0.5) is 30.2 Å². The van der Waals surface area contributed by atoms with Crippen molar-refractivity contribution in [3.63, 3.8) is 0 Å². The van der Waals surface area contributed by atoms with Gasteiger partial charge in [0.15, 0.2) is 0 Å². The van der Waals surface area contributed by atoms with Crippen LogP contribution in [0.2, 0.25) is 0 Å². The minimum atomic E-state index is -4.34. The van der Waals surface area contributed by atoms with E-state index >= 15 is 0 Å². The van der Waals surface area contributed by atoms with E-state index in [0.717, 1.165) is 61.0 Å². The van der Waals surface area contributed by atoms with E-state index in [1.165, 1.54) is 17.8 Å². The SMILES string of the molecule is FC(F)(F)c1ccc2c(c1)N(CCCCN1CCN(c3ccccc3)CC1)c1ccccc1S2. The molecule has 3 nitrogen and oxygen atoms in total. The van der Waals surface area contributed by atoms with Crippen molar-refractivity contribution in [2.24, 2.45) is 0 Å². The third-order valence-electron chi connectivity index (χ3n) is 6.55. The Morgan fingerprint density at radius 1 is 0.706 bits per heavy atom. The summed E-state index contributed by atoms with van der Waals surface area (Å²) in [4.78, 5) is 8.96. The van der Waals surface area contributed by atoms with Crippen molar-refractivity contribution in [3.8, 4) is 0 Å². The lowest BCUT2D eigenvalue weighted by atomic mass is 10.1. The number of anilines is 3. The first kappa shape index (κ1) is 23.1. The van der Waals surface area contributed by atoms with E-state index in [0.29, 0.717) is 12.2 Å². The Labute approximate surface area is 203 Å². The molecule has 1 saturated heterocycles. The van der Waals surface area contributed by atoms with Crippen LogP contribution in [-0.2, 0) is 6.18 Å². The summed E-state index contributed by atoms with van der Waals surface area (Å²) in [6.45, 7) is 5.84. The summed E-state index contributed by atoms with van der Waals surface area (Å²) in [5.74, 6) is 0. The lowest BCUT2D eigenvalue weighted by Gasteiger charge is -2.36. The van der Waals surface area contributed by atoms with Crippen LogP contribution < -0.4 is 9.80 Å². The zero-order valence-corrected chi connectivity index (χ0v) is 19.8. The molecule has 7 heteroatoms. The Morgan fingerprint density at radius 3 is 2.15 bits per heavy atom. The molecule has 3 aromatic carbocycles. The molecule has 0 atom stereocenters. The summed E-state index contributed by atoms with van der Waals surface area (Å²) in [7, 11) is 0. The zero-order valence-electron chi connectivity index (χ0n) is 19.0. The standard InChI is InChI=1S/C27H28F3N3S/c28-27(29,30)21-12-13-26-24(20-21)33(23-10-4-5-11-25(23)34-26)15-7-6-14-31-16-18-32(19-17-31)22-8-2-1-3-9-22/h1-5,8-13,20H,6-7,14-19H2. The second kappa shape index (κ2) is 9.92. The zero-order chi connectivity index (χ0) is 23.5. The Bertz CT molecular complexity index is 1110. The van der Waals surface area contributed by atoms with Gasteiger partial charge < -0.3 is 9.80 Å². The van der Waals surface area contributed by atoms with Crippen LogP contribution in [0.5, 0.6) is 0 Å². The average Bonchev–Trinajstić information content (AvgIpc) is 2.86. The first-order chi connectivity index (χ1) is 16.5. The van der Waals surface area contributed by atoms with Crippen molar-refractivity contribution in [1.29, 1.82) is 0 Å². The fraction of sp³-hybridized carbons (Fsp3) is 0.333. The highest BCUT2D eigenvalue weighted by Crippen LogP contribution is 2.49. The normalized spacial score (nSPS) is 16.3. The molecule has 0 radical (unpaired) electrons. The summed E-state index contributed by atoms with van der Waals surface area (Å²) in [5, 5.41) is 0. The fourth-order valence-corrected chi connectivity index (χ4v) is 5.80. The number of alkyl halides is 3. The predicted octanol–water partition coefficient (Wildman–Crippen LogP) is 6.91. The number of unbranched alkanes of at least 4 members (excludes halogenated alkanes) is 1. The summed E-state index contributed by atoms with van der Waals surface area (Å²) in [6.07, 6.45) is -2.40. The second-order valence-corrected chi connectivity index (χ2v) is 9.86. The van der Waals surface area contributed by atoms with Crippen molar-refractivity contribution in [2.45, 2.75) is 28.8 Å². The molecule has 0 N–H and O–H groups in total. The number of nitrogens with zero attached hydrogens (tertiary/aromatic N) is 3. The van der Waals surface area contributed by atoms with E-state index in [4.69, 9.17) is 0 Å². The lowest BCUT2D eigenvalue weighted by Crippen LogP contribution is -2.46. The number of para-hydroxylation sites is 2. The molecule has 1 fully saturated rings. The van der Waals surface area contributed by atoms with E-state index in [-0.39, 0.29) is 0 Å². The van der Waals surface area contributed by atoms with E-state index in [2.05, 4.69) is 39.0 Å². The Balaban J connectivity index is 1.20. The number of fused-ring (bicyclic) bond motifs is 2. The topological polar surface area (TPSA) is 9.72 Å². The third kappa shape index (κ3) is 5.05. The third-order valence-corrected chi connectivity index (χ3v) is 7.68. The van der Waals surface area contributed by atoms with Crippen LogP contribution in [0, 0.1) is 0 Å². The van der Waals surface area contributed by atoms with E-state index in [1.54, 1.807) is 17.8 Å². The fourth-order valence-electron chi connectivity index (χ4n) is 4.72. The van der Waals surface area contributed by atoms with Crippen LogP contribution in [0.15, 0.2) is 82.6 Å². The summed E-state index contributed by atoms with van der Waals surface area (Å²) < 4.78 is 40.2. The first-order valence-electron chi connectivity index (χ1n) is 11.8. The average molecular weight is 484 g/mol. The maximum absolute atomic E-state index is 13.4. The molecule has 5 rings (SSSR count). The molecule has 0 amide bonds. The van der Waals surface area contributed by atoms with E-state index in [1.807, 2.05) is 30.3 Å². The molecular weight excluding hydrogens is 455 g/mol. The number of piperazine rings is 1. The van der Waals surface area contributed by atoms with Gasteiger partial charge in [-0.2, -0.15) is 13.2 Å². The van der Waals surface area contributed by atoms with Crippen LogP contribution in [0.3, 0.4) is 0 Å². The number of benzene rings is 3. The van der Waals surface area contributed by atoms with E-state index in [9.17, 15) is 13.2 Å². The van der Waals surface area contributed by atoms with Gasteiger partial charge in [0.1, 0.15) is 0 Å². The van der Waals surface area contributed by atoms with Crippen LogP contribution in [0.1, 0.15) is 18.4 Å². The summed E-state index contributed by atoms with van der Waals surface area (Å²) >= 11 is 1.54. The van der Waals surface area contributed by atoms with Gasteiger partial charge >= 0.3 is 6.18 Å². The molecule has 2 aliphatic rings. The van der Waals surface area contributed by atoms with Crippen molar-refractivity contribution in [3.05, 3.63) is 78.4 Å². The number of halogens is 3. The van der Waals surface area contributed by atoms with Crippen LogP contribution in [-0.4, -0.2) is 44.2 Å². The van der Waals surface area contributed by atoms with Crippen molar-refractivity contribution < 1.29 is 13.2 Å². The molecule has 0 aliphatic carbocycles. The molecule has 0 aromatic heterocycles. The molecule has 0 spiro atoms. The van der Waals surface area contributed by atoms with Gasteiger partial charge in [-0.1, -0.05) is 42.1 Å². The number of hydrogen-bond acceptors (Lipinski definition) is 4. The predicted molar refractivity (Wildman–Crippen MR) is 133 cm³/mol. The quantitative estimate of drug-likeness (QED) is 0.352. The molecule has 0 bridgehead atoms. The minimum absolute atomic E-state index is 0.590. The molecular formula is C27H28F3N3S. The Hall–Kier alpha value is -2.64. The molecule has 0 unspecified atom stereocenters. The van der Waals surface area contributed by atoms with E-state index < -0.39 is 11.7 Å². The molecule has 2 heterocycles. The number of hydrogen-bond donors (Lipinski definition) is 0. The first-order valence-corrected chi connectivity index (χ1v) is 12.6. The highest BCUT2D eigenvalue weighted by atomic mass is 32.2. The second-order valence-electron chi connectivity index (χ2n) is 8.77. The van der Waals surface area contributed by atoms with Gasteiger partial charge in [0.2, 0.25) is 0 Å². The van der Waals surface area contributed by atoms with Gasteiger partial charge in [-0.15, -0.1) is 0 Å². The minimum Gasteiger partial charge on any atom is -0.369 e. The van der Waals surface area contributed by atoms with Crippen molar-refractivity contribution in [2.75, 3.05) is 49.1 Å². The van der Waals surface area contributed by atoms with Crippen LogP contribution >= 0.6 is 11.8 Å². The molecule has 2 aliphatic heterocycles. The van der Waals surface area contributed by atoms with Gasteiger partial charge in [0.05, 0.1) is 16.9 Å². The van der Waals surface area contributed by atoms with Gasteiger partial charge in [0, 0.05) is 48.2 Å². The Kier molecular flexibility index (Phi) is 6.75. The lowest BCUT2D eigenvalue weighted by molar-refractivity contribution is -0.137.